The SMILES string of the molecule is CCOC(=O)C(C)Nc1cc(N2C(=O)C3=C(CCCC3)C2=O)ccc1C. The normalized spacial score (nSPS) is 18.0. The van der Waals surface area contributed by atoms with Gasteiger partial charge in [0.2, 0.25) is 0 Å². The van der Waals surface area contributed by atoms with Crippen molar-refractivity contribution in [1.82, 2.24) is 0 Å². The number of ether oxygens (including phenoxy) is 1. The molecule has 0 bridgehead atoms. The van der Waals surface area contributed by atoms with Gasteiger partial charge in [-0.1, -0.05) is 6.07 Å². The van der Waals surface area contributed by atoms with Crippen molar-refractivity contribution in [2.75, 3.05) is 16.8 Å². The maximum atomic E-state index is 12.7. The molecule has 1 unspecified atom stereocenters. The molecule has 138 valence electrons. The number of esters is 1. The molecule has 0 aromatic heterocycles. The van der Waals surface area contributed by atoms with Gasteiger partial charge in [-0.05, 0) is 64.2 Å². The van der Waals surface area contributed by atoms with Gasteiger partial charge < -0.3 is 10.1 Å². The molecule has 1 aliphatic carbocycles. The van der Waals surface area contributed by atoms with E-state index in [1.54, 1.807) is 26.0 Å². The lowest BCUT2D eigenvalue weighted by Crippen LogP contribution is -2.32. The van der Waals surface area contributed by atoms with Crippen molar-refractivity contribution in [2.24, 2.45) is 0 Å². The summed E-state index contributed by atoms with van der Waals surface area (Å²) in [6, 6.07) is 4.83. The van der Waals surface area contributed by atoms with Crippen molar-refractivity contribution in [3.63, 3.8) is 0 Å². The predicted molar refractivity (Wildman–Crippen MR) is 98.9 cm³/mol. The third-order valence-corrected chi connectivity index (χ3v) is 4.88. The highest BCUT2D eigenvalue weighted by Crippen LogP contribution is 2.36. The van der Waals surface area contributed by atoms with Crippen LogP contribution >= 0.6 is 0 Å². The summed E-state index contributed by atoms with van der Waals surface area (Å²) in [6.07, 6.45) is 3.24. The highest BCUT2D eigenvalue weighted by Gasteiger charge is 2.39. The smallest absolute Gasteiger partial charge is 0.328 e. The predicted octanol–water partition coefficient (Wildman–Crippen LogP) is 3.10. The Bertz CT molecular complexity index is 769. The molecule has 2 amide bonds. The molecule has 0 saturated carbocycles. The zero-order valence-corrected chi connectivity index (χ0v) is 15.4. The van der Waals surface area contributed by atoms with Gasteiger partial charge in [0.15, 0.2) is 0 Å². The highest BCUT2D eigenvalue weighted by atomic mass is 16.5. The minimum absolute atomic E-state index is 0.210. The summed E-state index contributed by atoms with van der Waals surface area (Å²) in [5, 5.41) is 3.11. The number of imide groups is 1. The van der Waals surface area contributed by atoms with Gasteiger partial charge in [0.1, 0.15) is 6.04 Å². The minimum atomic E-state index is -0.528. The first-order chi connectivity index (χ1) is 12.4. The summed E-state index contributed by atoms with van der Waals surface area (Å²) in [5.41, 5.74) is 3.47. The number of rotatable bonds is 5. The molecule has 6 heteroatoms. The van der Waals surface area contributed by atoms with Crippen molar-refractivity contribution in [3.05, 3.63) is 34.9 Å². The Morgan fingerprint density at radius 3 is 2.38 bits per heavy atom. The first-order valence-electron chi connectivity index (χ1n) is 9.08. The van der Waals surface area contributed by atoms with Gasteiger partial charge in [0.05, 0.1) is 12.3 Å². The quantitative estimate of drug-likeness (QED) is 0.648. The van der Waals surface area contributed by atoms with Gasteiger partial charge in [-0.25, -0.2) is 9.69 Å². The summed E-state index contributed by atoms with van der Waals surface area (Å²) in [5.74, 6) is -0.765. The number of hydrogen-bond acceptors (Lipinski definition) is 5. The van der Waals surface area contributed by atoms with Crippen molar-refractivity contribution in [3.8, 4) is 0 Å². The van der Waals surface area contributed by atoms with Gasteiger partial charge in [0, 0.05) is 16.8 Å². The van der Waals surface area contributed by atoms with E-state index < -0.39 is 6.04 Å². The molecule has 26 heavy (non-hydrogen) atoms. The van der Waals surface area contributed by atoms with E-state index in [2.05, 4.69) is 5.32 Å². The minimum Gasteiger partial charge on any atom is -0.464 e. The van der Waals surface area contributed by atoms with Crippen molar-refractivity contribution < 1.29 is 19.1 Å². The Kier molecular flexibility index (Phi) is 5.11. The van der Waals surface area contributed by atoms with E-state index in [0.717, 1.165) is 18.4 Å². The third kappa shape index (κ3) is 3.23. The largest absolute Gasteiger partial charge is 0.464 e. The molecule has 1 aromatic carbocycles. The van der Waals surface area contributed by atoms with Crippen LogP contribution in [0.4, 0.5) is 11.4 Å². The zero-order chi connectivity index (χ0) is 18.8. The lowest BCUT2D eigenvalue weighted by molar-refractivity contribution is -0.143. The Balaban J connectivity index is 1.85. The molecule has 3 rings (SSSR count). The van der Waals surface area contributed by atoms with Crippen LogP contribution in [0.15, 0.2) is 29.3 Å². The van der Waals surface area contributed by atoms with Crippen LogP contribution < -0.4 is 10.2 Å². The molecule has 0 spiro atoms. The van der Waals surface area contributed by atoms with E-state index in [-0.39, 0.29) is 17.8 Å². The van der Waals surface area contributed by atoms with Crippen LogP contribution in [0.2, 0.25) is 0 Å². The van der Waals surface area contributed by atoms with Crippen molar-refractivity contribution in [2.45, 2.75) is 52.5 Å². The number of nitrogens with zero attached hydrogens (tertiary/aromatic N) is 1. The highest BCUT2D eigenvalue weighted by molar-refractivity contribution is 6.33. The van der Waals surface area contributed by atoms with E-state index in [4.69, 9.17) is 4.74 Å². The monoisotopic (exact) mass is 356 g/mol. The summed E-state index contributed by atoms with van der Waals surface area (Å²) in [4.78, 5) is 38.6. The van der Waals surface area contributed by atoms with E-state index in [1.807, 2.05) is 13.0 Å². The van der Waals surface area contributed by atoms with Crippen molar-refractivity contribution >= 4 is 29.2 Å². The number of anilines is 2. The summed E-state index contributed by atoms with van der Waals surface area (Å²) in [6.45, 7) is 5.70. The standard InChI is InChI=1S/C20H24N2O4/c1-4-26-20(25)13(3)21-17-11-14(10-9-12(17)2)22-18(23)15-7-5-6-8-16(15)19(22)24/h9-11,13,21H,4-8H2,1-3H3. The summed E-state index contributed by atoms with van der Waals surface area (Å²) >= 11 is 0. The topological polar surface area (TPSA) is 75.7 Å². The Morgan fingerprint density at radius 1 is 1.19 bits per heavy atom. The lowest BCUT2D eigenvalue weighted by Gasteiger charge is -2.20. The van der Waals surface area contributed by atoms with Crippen LogP contribution in [-0.2, 0) is 19.1 Å². The van der Waals surface area contributed by atoms with Crippen LogP contribution in [-0.4, -0.2) is 30.4 Å². The van der Waals surface area contributed by atoms with Crippen LogP contribution in [0.25, 0.3) is 0 Å². The average molecular weight is 356 g/mol. The van der Waals surface area contributed by atoms with Gasteiger partial charge in [-0.3, -0.25) is 9.59 Å². The number of amides is 2. The van der Waals surface area contributed by atoms with Crippen LogP contribution in [0.3, 0.4) is 0 Å². The Morgan fingerprint density at radius 2 is 1.81 bits per heavy atom. The average Bonchev–Trinajstić information content (AvgIpc) is 2.88. The molecular formula is C20H24N2O4. The molecule has 0 fully saturated rings. The molecule has 1 heterocycles. The van der Waals surface area contributed by atoms with Gasteiger partial charge >= 0.3 is 5.97 Å². The second-order valence-corrected chi connectivity index (χ2v) is 6.73. The van der Waals surface area contributed by atoms with Crippen LogP contribution in [0, 0.1) is 6.92 Å². The molecule has 1 N–H and O–H groups in total. The maximum Gasteiger partial charge on any atom is 0.328 e. The number of carbonyl (C=O) groups is 3. The molecule has 1 aromatic rings. The molecule has 1 aliphatic heterocycles. The lowest BCUT2D eigenvalue weighted by atomic mass is 9.93. The second kappa shape index (κ2) is 7.32. The van der Waals surface area contributed by atoms with E-state index in [1.165, 1.54) is 4.90 Å². The number of carbonyl (C=O) groups excluding carboxylic acids is 3. The molecular weight excluding hydrogens is 332 g/mol. The van der Waals surface area contributed by atoms with Gasteiger partial charge in [0.25, 0.3) is 11.8 Å². The first kappa shape index (κ1) is 18.2. The van der Waals surface area contributed by atoms with Gasteiger partial charge in [-0.2, -0.15) is 0 Å². The van der Waals surface area contributed by atoms with Crippen LogP contribution in [0.5, 0.6) is 0 Å². The van der Waals surface area contributed by atoms with E-state index in [9.17, 15) is 14.4 Å². The van der Waals surface area contributed by atoms with E-state index in [0.29, 0.717) is 42.0 Å². The van der Waals surface area contributed by atoms with E-state index >= 15 is 0 Å². The fraction of sp³-hybridized carbons (Fsp3) is 0.450. The summed E-state index contributed by atoms with van der Waals surface area (Å²) in [7, 11) is 0. The molecule has 2 aliphatic rings. The van der Waals surface area contributed by atoms with Crippen LogP contribution in [0.1, 0.15) is 45.1 Å². The molecule has 0 saturated heterocycles. The fourth-order valence-electron chi connectivity index (χ4n) is 3.44. The Labute approximate surface area is 153 Å². The third-order valence-electron chi connectivity index (χ3n) is 4.88. The number of aryl methyl sites for hydroxylation is 1. The maximum absolute atomic E-state index is 12.7. The summed E-state index contributed by atoms with van der Waals surface area (Å²) < 4.78 is 5.02. The number of nitrogens with one attached hydrogen (secondary N) is 1. The van der Waals surface area contributed by atoms with Gasteiger partial charge in [-0.15, -0.1) is 0 Å². The first-order valence-corrected chi connectivity index (χ1v) is 9.08. The fourth-order valence-corrected chi connectivity index (χ4v) is 3.44. The second-order valence-electron chi connectivity index (χ2n) is 6.73. The number of benzene rings is 1. The molecule has 0 radical (unpaired) electrons. The number of hydrogen-bond donors (Lipinski definition) is 1. The molecule has 1 atom stereocenters. The molecule has 6 nitrogen and oxygen atoms in total. The Hall–Kier alpha value is -2.63. The van der Waals surface area contributed by atoms with Crippen molar-refractivity contribution in [1.29, 1.82) is 0 Å². The zero-order valence-electron chi connectivity index (χ0n) is 15.4.